The molecule has 0 saturated carbocycles. The van der Waals surface area contributed by atoms with Gasteiger partial charge in [-0.15, -0.1) is 0 Å². The fourth-order valence-electron chi connectivity index (χ4n) is 2.26. The lowest BCUT2D eigenvalue weighted by molar-refractivity contribution is 1.13. The van der Waals surface area contributed by atoms with Crippen molar-refractivity contribution in [3.05, 3.63) is 58.7 Å². The Morgan fingerprint density at radius 1 is 0.941 bits per heavy atom. The summed E-state index contributed by atoms with van der Waals surface area (Å²) in [5, 5.41) is 0. The number of hydrogen-bond donors (Lipinski definition) is 0. The van der Waals surface area contributed by atoms with E-state index < -0.39 is 0 Å². The minimum Gasteiger partial charge on any atom is -0.0612 e. The van der Waals surface area contributed by atoms with Crippen LogP contribution in [-0.2, 0) is 6.42 Å². The second-order valence-corrected chi connectivity index (χ2v) is 4.60. The Bertz CT molecular complexity index is 536. The highest BCUT2D eigenvalue weighted by atomic mass is 14.1. The molecule has 0 atom stereocenters. The molecule has 0 nitrogen and oxygen atoms in total. The van der Waals surface area contributed by atoms with Crippen LogP contribution in [0.2, 0.25) is 0 Å². The topological polar surface area (TPSA) is 0 Å². The summed E-state index contributed by atoms with van der Waals surface area (Å²) in [6, 6.07) is 14.1. The Kier molecular flexibility index (Phi) is 3.33. The maximum Gasteiger partial charge on any atom is -0.0143 e. The number of benzene rings is 2. The van der Waals surface area contributed by atoms with Gasteiger partial charge in [0, 0.05) is 0 Å². The van der Waals surface area contributed by atoms with E-state index in [1.807, 2.05) is 6.07 Å². The van der Waals surface area contributed by atoms with Crippen molar-refractivity contribution < 1.29 is 0 Å². The van der Waals surface area contributed by atoms with Crippen LogP contribution in [0.4, 0.5) is 0 Å². The van der Waals surface area contributed by atoms with Crippen molar-refractivity contribution in [2.45, 2.75) is 34.1 Å². The minimum atomic E-state index is 1.03. The Hall–Kier alpha value is -1.56. The van der Waals surface area contributed by atoms with Crippen molar-refractivity contribution in [1.29, 1.82) is 0 Å². The zero-order valence-corrected chi connectivity index (χ0v) is 11.1. The van der Waals surface area contributed by atoms with E-state index in [1.165, 1.54) is 33.4 Å². The zero-order chi connectivity index (χ0) is 12.4. The molecule has 2 aromatic carbocycles. The first-order valence-corrected chi connectivity index (χ1v) is 6.22. The maximum atomic E-state index is 3.35. The molecule has 0 aliphatic heterocycles. The normalized spacial score (nSPS) is 10.6. The van der Waals surface area contributed by atoms with E-state index in [1.54, 1.807) is 0 Å². The van der Waals surface area contributed by atoms with E-state index in [0.29, 0.717) is 0 Å². The molecule has 0 spiro atoms. The molecule has 0 fully saturated rings. The van der Waals surface area contributed by atoms with Crippen molar-refractivity contribution in [2.24, 2.45) is 0 Å². The summed E-state index contributed by atoms with van der Waals surface area (Å²) in [6.07, 6.45) is 1.03. The molecule has 0 N–H and O–H groups in total. The molecular weight excluding hydrogens is 204 g/mol. The van der Waals surface area contributed by atoms with Crippen molar-refractivity contribution in [1.82, 2.24) is 0 Å². The summed E-state index contributed by atoms with van der Waals surface area (Å²) >= 11 is 0. The van der Waals surface area contributed by atoms with Gasteiger partial charge >= 0.3 is 0 Å². The molecule has 0 aliphatic rings. The SMILES string of the molecule is CCc1[c]cccc1-c1ccc(C)c(C)c1C. The third-order valence-corrected chi connectivity index (χ3v) is 3.64. The number of aryl methyl sites for hydroxylation is 2. The molecule has 0 heterocycles. The summed E-state index contributed by atoms with van der Waals surface area (Å²) < 4.78 is 0. The van der Waals surface area contributed by atoms with Crippen LogP contribution in [-0.4, -0.2) is 0 Å². The van der Waals surface area contributed by atoms with E-state index in [9.17, 15) is 0 Å². The van der Waals surface area contributed by atoms with Gasteiger partial charge in [-0.25, -0.2) is 0 Å². The lowest BCUT2D eigenvalue weighted by Gasteiger charge is -2.14. The third-order valence-electron chi connectivity index (χ3n) is 3.64. The molecule has 0 unspecified atom stereocenters. The fraction of sp³-hybridized carbons (Fsp3) is 0.294. The molecule has 0 bridgehead atoms. The standard InChI is InChI=1S/C17H19/c1-5-15-8-6-7-9-17(15)16-11-10-12(2)13(3)14(16)4/h6-7,9-11H,5H2,1-4H3. The van der Waals surface area contributed by atoms with Crippen LogP contribution < -0.4 is 0 Å². The first-order chi connectivity index (χ1) is 8.15. The summed E-state index contributed by atoms with van der Waals surface area (Å²) in [6.45, 7) is 8.77. The highest BCUT2D eigenvalue weighted by Gasteiger charge is 2.08. The zero-order valence-electron chi connectivity index (χ0n) is 11.1. The van der Waals surface area contributed by atoms with Crippen LogP contribution in [0.1, 0.15) is 29.2 Å². The average molecular weight is 223 g/mol. The van der Waals surface area contributed by atoms with Crippen LogP contribution in [0, 0.1) is 26.8 Å². The molecule has 2 rings (SSSR count). The van der Waals surface area contributed by atoms with Crippen LogP contribution in [0.15, 0.2) is 30.3 Å². The molecule has 0 aromatic heterocycles. The number of hydrogen-bond acceptors (Lipinski definition) is 0. The Labute approximate surface area is 104 Å². The van der Waals surface area contributed by atoms with Gasteiger partial charge in [0.15, 0.2) is 0 Å². The first-order valence-electron chi connectivity index (χ1n) is 6.22. The summed E-state index contributed by atoms with van der Waals surface area (Å²) in [4.78, 5) is 0. The van der Waals surface area contributed by atoms with E-state index in [2.05, 4.69) is 58.0 Å². The van der Waals surface area contributed by atoms with Gasteiger partial charge < -0.3 is 0 Å². The van der Waals surface area contributed by atoms with E-state index >= 15 is 0 Å². The molecule has 0 heteroatoms. The lowest BCUT2D eigenvalue weighted by atomic mass is 9.91. The van der Waals surface area contributed by atoms with Crippen LogP contribution in [0.5, 0.6) is 0 Å². The van der Waals surface area contributed by atoms with Crippen molar-refractivity contribution >= 4 is 0 Å². The summed E-state index contributed by atoms with van der Waals surface area (Å²) in [5.74, 6) is 0. The van der Waals surface area contributed by atoms with Gasteiger partial charge in [0.05, 0.1) is 0 Å². The van der Waals surface area contributed by atoms with Gasteiger partial charge in [-0.1, -0.05) is 37.3 Å². The second-order valence-electron chi connectivity index (χ2n) is 4.60. The van der Waals surface area contributed by atoms with Crippen LogP contribution in [0.3, 0.4) is 0 Å². The molecule has 0 amide bonds. The quantitative estimate of drug-likeness (QED) is 0.695. The fourth-order valence-corrected chi connectivity index (χ4v) is 2.26. The Morgan fingerprint density at radius 3 is 2.41 bits per heavy atom. The minimum absolute atomic E-state index is 1.03. The van der Waals surface area contributed by atoms with Gasteiger partial charge in [0.25, 0.3) is 0 Å². The largest absolute Gasteiger partial charge is 0.0612 e. The number of rotatable bonds is 2. The van der Waals surface area contributed by atoms with E-state index in [-0.39, 0.29) is 0 Å². The first kappa shape index (κ1) is 11.9. The van der Waals surface area contributed by atoms with Crippen LogP contribution >= 0.6 is 0 Å². The van der Waals surface area contributed by atoms with Gasteiger partial charge in [-0.2, -0.15) is 0 Å². The van der Waals surface area contributed by atoms with Crippen LogP contribution in [0.25, 0.3) is 11.1 Å². The Morgan fingerprint density at radius 2 is 1.71 bits per heavy atom. The molecule has 0 aliphatic carbocycles. The second kappa shape index (κ2) is 4.75. The smallest absolute Gasteiger partial charge is 0.0143 e. The molecular formula is C17H19. The van der Waals surface area contributed by atoms with Gasteiger partial charge in [0.2, 0.25) is 0 Å². The summed E-state index contributed by atoms with van der Waals surface area (Å²) in [7, 11) is 0. The lowest BCUT2D eigenvalue weighted by Crippen LogP contribution is -1.94. The monoisotopic (exact) mass is 223 g/mol. The maximum absolute atomic E-state index is 3.35. The van der Waals surface area contributed by atoms with Crippen molar-refractivity contribution in [3.63, 3.8) is 0 Å². The molecule has 2 aromatic rings. The van der Waals surface area contributed by atoms with Crippen molar-refractivity contribution in [3.8, 4) is 11.1 Å². The summed E-state index contributed by atoms with van der Waals surface area (Å²) in [5.41, 5.74) is 8.13. The predicted octanol–water partition coefficient (Wildman–Crippen LogP) is 4.64. The third kappa shape index (κ3) is 2.12. The van der Waals surface area contributed by atoms with Crippen molar-refractivity contribution in [2.75, 3.05) is 0 Å². The Balaban J connectivity index is 2.65. The molecule has 0 saturated heterocycles. The highest BCUT2D eigenvalue weighted by molar-refractivity contribution is 5.72. The van der Waals surface area contributed by atoms with Gasteiger partial charge in [-0.05, 0) is 66.6 Å². The molecule has 17 heavy (non-hydrogen) atoms. The van der Waals surface area contributed by atoms with E-state index in [4.69, 9.17) is 0 Å². The predicted molar refractivity (Wildman–Crippen MR) is 74.3 cm³/mol. The molecule has 1 radical (unpaired) electrons. The van der Waals surface area contributed by atoms with Gasteiger partial charge in [-0.3, -0.25) is 0 Å². The average Bonchev–Trinajstić information content (AvgIpc) is 2.36. The van der Waals surface area contributed by atoms with Gasteiger partial charge in [0.1, 0.15) is 0 Å². The van der Waals surface area contributed by atoms with E-state index in [0.717, 1.165) is 6.42 Å². The molecule has 87 valence electrons. The highest BCUT2D eigenvalue weighted by Crippen LogP contribution is 2.29.